The molecule has 0 saturated carbocycles. The highest BCUT2D eigenvalue weighted by molar-refractivity contribution is 5.28. The maximum atomic E-state index is 6.00. The Kier molecular flexibility index (Phi) is 2.37. The summed E-state index contributed by atoms with van der Waals surface area (Å²) in [5, 5.41) is 0. The first-order chi connectivity index (χ1) is 6.59. The number of rotatable bonds is 1. The Hall–Kier alpha value is -0.800. The van der Waals surface area contributed by atoms with Gasteiger partial charge in [-0.3, -0.25) is 4.90 Å². The van der Waals surface area contributed by atoms with E-state index in [1.54, 1.807) is 0 Å². The number of hydrogen-bond acceptors (Lipinski definition) is 3. The van der Waals surface area contributed by atoms with Crippen molar-refractivity contribution in [2.45, 2.75) is 32.4 Å². The summed E-state index contributed by atoms with van der Waals surface area (Å²) in [6.45, 7) is 5.08. The van der Waals surface area contributed by atoms with Crippen molar-refractivity contribution in [1.82, 2.24) is 4.90 Å². The molecule has 2 atom stereocenters. The molecule has 0 radical (unpaired) electrons. The minimum atomic E-state index is 0.149. The molecule has 2 heterocycles. The lowest BCUT2D eigenvalue weighted by Gasteiger charge is -2.34. The van der Waals surface area contributed by atoms with E-state index in [-0.39, 0.29) is 6.04 Å². The van der Waals surface area contributed by atoms with Gasteiger partial charge in [0.2, 0.25) is 0 Å². The van der Waals surface area contributed by atoms with Crippen molar-refractivity contribution in [3.8, 4) is 0 Å². The average Bonchev–Trinajstić information content (AvgIpc) is 2.43. The third kappa shape index (κ3) is 1.47. The van der Waals surface area contributed by atoms with Gasteiger partial charge in [0.05, 0.1) is 6.04 Å². The monoisotopic (exact) mass is 194 g/mol. The highest BCUT2D eigenvalue weighted by Gasteiger charge is 2.30. The second kappa shape index (κ2) is 3.41. The lowest BCUT2D eigenvalue weighted by Crippen LogP contribution is -2.41. The number of hydrogen-bond donors (Lipinski definition) is 1. The third-order valence-electron chi connectivity index (χ3n) is 2.95. The van der Waals surface area contributed by atoms with Crippen LogP contribution in [0.4, 0.5) is 0 Å². The van der Waals surface area contributed by atoms with E-state index in [1.807, 2.05) is 6.92 Å². The van der Waals surface area contributed by atoms with Gasteiger partial charge >= 0.3 is 0 Å². The second-order valence-electron chi connectivity index (χ2n) is 4.27. The zero-order valence-electron chi connectivity index (χ0n) is 9.08. The van der Waals surface area contributed by atoms with E-state index in [4.69, 9.17) is 10.2 Å². The van der Waals surface area contributed by atoms with Gasteiger partial charge < -0.3 is 10.2 Å². The third-order valence-corrected chi connectivity index (χ3v) is 2.95. The zero-order chi connectivity index (χ0) is 10.3. The lowest BCUT2D eigenvalue weighted by molar-refractivity contribution is 0.196. The van der Waals surface area contributed by atoms with Gasteiger partial charge in [0, 0.05) is 24.6 Å². The first kappa shape index (κ1) is 9.74. The fourth-order valence-electron chi connectivity index (χ4n) is 2.37. The number of furan rings is 1. The molecule has 0 spiro atoms. The number of aryl methyl sites for hydroxylation is 1. The van der Waals surface area contributed by atoms with Gasteiger partial charge in [-0.15, -0.1) is 0 Å². The second-order valence-corrected chi connectivity index (χ2v) is 4.27. The largest absolute Gasteiger partial charge is 0.466 e. The molecule has 0 amide bonds. The summed E-state index contributed by atoms with van der Waals surface area (Å²) in [7, 11) is 2.12. The summed E-state index contributed by atoms with van der Waals surface area (Å²) in [4.78, 5) is 2.31. The molecule has 0 fully saturated rings. The van der Waals surface area contributed by atoms with Crippen molar-refractivity contribution in [2.24, 2.45) is 5.73 Å². The number of nitrogens with zero attached hydrogens (tertiary/aromatic N) is 1. The number of likely N-dealkylation sites (N-methyl/N-ethyl adjacent to an activating group) is 1. The molecule has 3 nitrogen and oxygen atoms in total. The van der Waals surface area contributed by atoms with Crippen molar-refractivity contribution in [3.05, 3.63) is 23.2 Å². The van der Waals surface area contributed by atoms with E-state index in [0.29, 0.717) is 6.04 Å². The number of nitrogens with two attached hydrogens (primary N) is 1. The van der Waals surface area contributed by atoms with E-state index in [9.17, 15) is 0 Å². The molecule has 0 bridgehead atoms. The molecule has 1 aromatic heterocycles. The lowest BCUT2D eigenvalue weighted by atomic mass is 9.95. The van der Waals surface area contributed by atoms with Crippen LogP contribution in [0.1, 0.15) is 30.0 Å². The summed E-state index contributed by atoms with van der Waals surface area (Å²) < 4.78 is 5.65. The molecule has 14 heavy (non-hydrogen) atoms. The topological polar surface area (TPSA) is 42.4 Å². The van der Waals surface area contributed by atoms with Crippen LogP contribution >= 0.6 is 0 Å². The van der Waals surface area contributed by atoms with Crippen LogP contribution in [-0.4, -0.2) is 24.5 Å². The molecule has 1 aliphatic heterocycles. The maximum absolute atomic E-state index is 6.00. The summed E-state index contributed by atoms with van der Waals surface area (Å²) in [6.07, 6.45) is 1.00. The normalized spacial score (nSPS) is 24.7. The Bertz CT molecular complexity index is 330. The van der Waals surface area contributed by atoms with Gasteiger partial charge in [-0.25, -0.2) is 0 Å². The van der Waals surface area contributed by atoms with Crippen molar-refractivity contribution in [3.63, 3.8) is 0 Å². The summed E-state index contributed by atoms with van der Waals surface area (Å²) >= 11 is 0. The minimum Gasteiger partial charge on any atom is -0.466 e. The molecule has 1 aliphatic rings. The van der Waals surface area contributed by atoms with E-state index in [2.05, 4.69) is 24.9 Å². The Balaban J connectivity index is 2.40. The van der Waals surface area contributed by atoms with Crippen molar-refractivity contribution < 1.29 is 4.42 Å². The van der Waals surface area contributed by atoms with Crippen molar-refractivity contribution in [2.75, 3.05) is 13.6 Å². The highest BCUT2D eigenvalue weighted by atomic mass is 16.3. The van der Waals surface area contributed by atoms with Gasteiger partial charge in [0.1, 0.15) is 11.5 Å². The molecule has 1 aromatic rings. The summed E-state index contributed by atoms with van der Waals surface area (Å²) in [5.41, 5.74) is 7.28. The molecule has 3 heteroatoms. The molecular weight excluding hydrogens is 176 g/mol. The minimum absolute atomic E-state index is 0.149. The molecule has 78 valence electrons. The Morgan fingerprint density at radius 2 is 2.36 bits per heavy atom. The van der Waals surface area contributed by atoms with Gasteiger partial charge in [0.25, 0.3) is 0 Å². The van der Waals surface area contributed by atoms with Gasteiger partial charge in [0.15, 0.2) is 0 Å². The Labute approximate surface area is 84.9 Å². The van der Waals surface area contributed by atoms with E-state index in [1.165, 1.54) is 5.56 Å². The Morgan fingerprint density at radius 1 is 1.64 bits per heavy atom. The SMILES string of the molecule is Cc1cc2c(o1)CCN(C)C2C(C)N. The standard InChI is InChI=1S/C11H18N2O/c1-7-6-9-10(14-7)4-5-13(3)11(9)8(2)12/h6,8,11H,4-5,12H2,1-3H3. The predicted octanol–water partition coefficient (Wildman–Crippen LogP) is 1.46. The molecule has 0 aliphatic carbocycles. The molecule has 0 aromatic carbocycles. The van der Waals surface area contributed by atoms with Gasteiger partial charge in [-0.1, -0.05) is 0 Å². The fourth-order valence-corrected chi connectivity index (χ4v) is 2.37. The van der Waals surface area contributed by atoms with Crippen LogP contribution in [0.5, 0.6) is 0 Å². The molecule has 0 saturated heterocycles. The van der Waals surface area contributed by atoms with Crippen LogP contribution < -0.4 is 5.73 Å². The van der Waals surface area contributed by atoms with Crippen molar-refractivity contribution in [1.29, 1.82) is 0 Å². The zero-order valence-corrected chi connectivity index (χ0v) is 9.08. The van der Waals surface area contributed by atoms with Crippen LogP contribution in [0.25, 0.3) is 0 Å². The molecule has 2 rings (SSSR count). The van der Waals surface area contributed by atoms with Gasteiger partial charge in [-0.05, 0) is 27.0 Å². The Morgan fingerprint density at radius 3 is 3.00 bits per heavy atom. The van der Waals surface area contributed by atoms with Gasteiger partial charge in [-0.2, -0.15) is 0 Å². The van der Waals surface area contributed by atoms with E-state index < -0.39 is 0 Å². The fraction of sp³-hybridized carbons (Fsp3) is 0.636. The molecule has 2 N–H and O–H groups in total. The first-order valence-electron chi connectivity index (χ1n) is 5.14. The molecular formula is C11H18N2O. The maximum Gasteiger partial charge on any atom is 0.110 e. The highest BCUT2D eigenvalue weighted by Crippen LogP contribution is 2.32. The van der Waals surface area contributed by atoms with Crippen LogP contribution in [0.2, 0.25) is 0 Å². The average molecular weight is 194 g/mol. The quantitative estimate of drug-likeness (QED) is 0.736. The van der Waals surface area contributed by atoms with Crippen LogP contribution in [-0.2, 0) is 6.42 Å². The molecule has 2 unspecified atom stereocenters. The van der Waals surface area contributed by atoms with Crippen LogP contribution in [0.15, 0.2) is 10.5 Å². The predicted molar refractivity (Wildman–Crippen MR) is 56.2 cm³/mol. The summed E-state index contributed by atoms with van der Waals surface area (Å²) in [6, 6.07) is 2.59. The smallest absolute Gasteiger partial charge is 0.110 e. The van der Waals surface area contributed by atoms with E-state index >= 15 is 0 Å². The first-order valence-corrected chi connectivity index (χ1v) is 5.14. The van der Waals surface area contributed by atoms with Crippen molar-refractivity contribution >= 4 is 0 Å². The summed E-state index contributed by atoms with van der Waals surface area (Å²) in [5.74, 6) is 2.12. The van der Waals surface area contributed by atoms with Crippen LogP contribution in [0.3, 0.4) is 0 Å². The van der Waals surface area contributed by atoms with Crippen LogP contribution in [0, 0.1) is 6.92 Å². The van der Waals surface area contributed by atoms with E-state index in [0.717, 1.165) is 24.5 Å². The number of fused-ring (bicyclic) bond motifs is 1.